The number of furan rings is 1. The molecule has 0 aliphatic heterocycles. The first kappa shape index (κ1) is 16.3. The van der Waals surface area contributed by atoms with Crippen molar-refractivity contribution in [1.29, 1.82) is 0 Å². The molecule has 2 amide bonds. The summed E-state index contributed by atoms with van der Waals surface area (Å²) in [4.78, 5) is 23.1. The van der Waals surface area contributed by atoms with Crippen molar-refractivity contribution in [1.82, 2.24) is 0 Å². The second kappa shape index (κ2) is 7.35. The fraction of sp³-hybridized carbons (Fsp3) is 0.0526. The molecule has 1 aromatic heterocycles. The Morgan fingerprint density at radius 3 is 2.36 bits per heavy atom. The predicted molar refractivity (Wildman–Crippen MR) is 92.5 cm³/mol. The molecule has 0 aliphatic rings. The molecule has 126 valence electrons. The number of rotatable bonds is 6. The molecule has 0 bridgehead atoms. The molecule has 3 N–H and O–H groups in total. The van der Waals surface area contributed by atoms with Crippen LogP contribution in [0.5, 0.6) is 11.7 Å². The van der Waals surface area contributed by atoms with Gasteiger partial charge in [-0.15, -0.1) is 0 Å². The van der Waals surface area contributed by atoms with E-state index < -0.39 is 11.8 Å². The van der Waals surface area contributed by atoms with Gasteiger partial charge in [0, 0.05) is 11.8 Å². The van der Waals surface area contributed by atoms with Crippen LogP contribution in [0, 0.1) is 0 Å². The monoisotopic (exact) mass is 336 g/mol. The molecule has 1 heterocycles. The molecule has 0 saturated carbocycles. The van der Waals surface area contributed by atoms with Crippen molar-refractivity contribution in [2.24, 2.45) is 5.73 Å². The average molecular weight is 336 g/mol. The van der Waals surface area contributed by atoms with Gasteiger partial charge in [0.15, 0.2) is 5.76 Å². The molecule has 0 spiro atoms. The lowest BCUT2D eigenvalue weighted by atomic mass is 10.1. The van der Waals surface area contributed by atoms with E-state index in [1.165, 1.54) is 6.07 Å². The van der Waals surface area contributed by atoms with Crippen LogP contribution in [-0.2, 0) is 11.2 Å². The first-order valence-corrected chi connectivity index (χ1v) is 7.61. The summed E-state index contributed by atoms with van der Waals surface area (Å²) in [6.45, 7) is 0. The number of nitrogens with one attached hydrogen (secondary N) is 1. The number of anilines is 1. The van der Waals surface area contributed by atoms with Crippen LogP contribution in [0.25, 0.3) is 0 Å². The van der Waals surface area contributed by atoms with Crippen LogP contribution in [-0.4, -0.2) is 11.8 Å². The van der Waals surface area contributed by atoms with E-state index in [9.17, 15) is 9.59 Å². The Kier molecular flexibility index (Phi) is 4.80. The topological polar surface area (TPSA) is 94.6 Å². The van der Waals surface area contributed by atoms with Crippen molar-refractivity contribution >= 4 is 17.5 Å². The Morgan fingerprint density at radius 2 is 1.68 bits per heavy atom. The molecule has 6 heteroatoms. The third kappa shape index (κ3) is 4.48. The molecule has 0 saturated heterocycles. The second-order valence-electron chi connectivity index (χ2n) is 5.33. The van der Waals surface area contributed by atoms with Crippen LogP contribution in [0.3, 0.4) is 0 Å². The van der Waals surface area contributed by atoms with Crippen molar-refractivity contribution in [2.45, 2.75) is 6.42 Å². The second-order valence-corrected chi connectivity index (χ2v) is 5.33. The number of hydrogen-bond donors (Lipinski definition) is 2. The molecule has 0 atom stereocenters. The zero-order chi connectivity index (χ0) is 17.6. The first-order chi connectivity index (χ1) is 12.1. The molecule has 0 aliphatic carbocycles. The van der Waals surface area contributed by atoms with Gasteiger partial charge in [-0.3, -0.25) is 9.59 Å². The highest BCUT2D eigenvalue weighted by Gasteiger charge is 2.13. The maximum Gasteiger partial charge on any atom is 0.291 e. The molecular formula is C19H16N2O4. The van der Waals surface area contributed by atoms with Gasteiger partial charge in [0.2, 0.25) is 5.91 Å². The van der Waals surface area contributed by atoms with E-state index in [1.807, 2.05) is 18.2 Å². The molecule has 0 unspecified atom stereocenters. The Labute approximate surface area is 144 Å². The number of benzene rings is 2. The third-order valence-corrected chi connectivity index (χ3v) is 3.36. The fourth-order valence-corrected chi connectivity index (χ4v) is 2.20. The van der Waals surface area contributed by atoms with Gasteiger partial charge in [-0.25, -0.2) is 0 Å². The molecule has 25 heavy (non-hydrogen) atoms. The summed E-state index contributed by atoms with van der Waals surface area (Å²) in [5.41, 5.74) is 6.51. The summed E-state index contributed by atoms with van der Waals surface area (Å²) in [5, 5.41) is 2.71. The lowest BCUT2D eigenvalue weighted by molar-refractivity contribution is -0.117. The van der Waals surface area contributed by atoms with E-state index in [1.54, 1.807) is 42.5 Å². The molecule has 3 rings (SSSR count). The van der Waals surface area contributed by atoms with Crippen molar-refractivity contribution in [3.05, 3.63) is 78.1 Å². The molecule has 6 nitrogen and oxygen atoms in total. The van der Waals surface area contributed by atoms with Crippen LogP contribution in [0.1, 0.15) is 16.1 Å². The smallest absolute Gasteiger partial charge is 0.291 e. The number of carbonyl (C=O) groups is 2. The van der Waals surface area contributed by atoms with E-state index in [4.69, 9.17) is 14.9 Å². The zero-order valence-electron chi connectivity index (χ0n) is 13.3. The third-order valence-electron chi connectivity index (χ3n) is 3.36. The Morgan fingerprint density at radius 1 is 0.960 bits per heavy atom. The van der Waals surface area contributed by atoms with Crippen LogP contribution >= 0.6 is 0 Å². The van der Waals surface area contributed by atoms with Crippen molar-refractivity contribution in [3.8, 4) is 11.7 Å². The predicted octanol–water partition coefficient (Wildman–Crippen LogP) is 3.35. The van der Waals surface area contributed by atoms with Crippen molar-refractivity contribution in [3.63, 3.8) is 0 Å². The lowest BCUT2D eigenvalue weighted by Crippen LogP contribution is -2.14. The van der Waals surface area contributed by atoms with Gasteiger partial charge in [-0.1, -0.05) is 30.3 Å². The summed E-state index contributed by atoms with van der Waals surface area (Å²) in [7, 11) is 0. The minimum atomic E-state index is -0.404. The Hall–Kier alpha value is -3.54. The Balaban J connectivity index is 1.62. The standard InChI is InChI=1S/C19H16N2O4/c20-17(22)12-13-6-8-14(9-7-13)21-19(23)16-10-11-18(25-16)24-15-4-2-1-3-5-15/h1-11H,12H2,(H2,20,22)(H,21,23). The van der Waals surface area contributed by atoms with E-state index >= 15 is 0 Å². The number of nitrogens with two attached hydrogens (primary N) is 1. The first-order valence-electron chi connectivity index (χ1n) is 7.61. The largest absolute Gasteiger partial charge is 0.426 e. The lowest BCUT2D eigenvalue weighted by Gasteiger charge is -2.05. The van der Waals surface area contributed by atoms with Gasteiger partial charge < -0.3 is 20.2 Å². The highest BCUT2D eigenvalue weighted by molar-refractivity contribution is 6.02. The number of carbonyl (C=O) groups excluding carboxylic acids is 2. The van der Waals surface area contributed by atoms with Crippen LogP contribution < -0.4 is 15.8 Å². The van der Waals surface area contributed by atoms with E-state index in [2.05, 4.69) is 5.32 Å². The quantitative estimate of drug-likeness (QED) is 0.721. The number of amides is 2. The van der Waals surface area contributed by atoms with E-state index in [0.717, 1.165) is 5.56 Å². The van der Waals surface area contributed by atoms with Gasteiger partial charge in [-0.2, -0.15) is 0 Å². The molecule has 0 fully saturated rings. The van der Waals surface area contributed by atoms with E-state index in [0.29, 0.717) is 11.4 Å². The fourth-order valence-electron chi connectivity index (χ4n) is 2.20. The van der Waals surface area contributed by atoms with Crippen LogP contribution in [0.15, 0.2) is 71.1 Å². The van der Waals surface area contributed by atoms with Gasteiger partial charge >= 0.3 is 0 Å². The highest BCUT2D eigenvalue weighted by Crippen LogP contribution is 2.24. The average Bonchev–Trinajstić information content (AvgIpc) is 3.06. The van der Waals surface area contributed by atoms with Crippen LogP contribution in [0.4, 0.5) is 5.69 Å². The molecule has 0 radical (unpaired) electrons. The minimum absolute atomic E-state index is 0.132. The molecular weight excluding hydrogens is 320 g/mol. The number of primary amides is 1. The SMILES string of the molecule is NC(=O)Cc1ccc(NC(=O)c2ccc(Oc3ccccc3)o2)cc1. The van der Waals surface area contributed by atoms with Gasteiger partial charge in [0.1, 0.15) is 5.75 Å². The summed E-state index contributed by atoms with van der Waals surface area (Å²) >= 11 is 0. The van der Waals surface area contributed by atoms with Crippen LogP contribution in [0.2, 0.25) is 0 Å². The highest BCUT2D eigenvalue weighted by atomic mass is 16.6. The summed E-state index contributed by atoms with van der Waals surface area (Å²) in [6, 6.07) is 19.1. The summed E-state index contributed by atoms with van der Waals surface area (Å²) in [6.07, 6.45) is 0.159. The normalized spacial score (nSPS) is 10.2. The van der Waals surface area contributed by atoms with Gasteiger partial charge in [0.05, 0.1) is 6.42 Å². The zero-order valence-corrected chi connectivity index (χ0v) is 13.3. The number of ether oxygens (including phenoxy) is 1. The summed E-state index contributed by atoms with van der Waals surface area (Å²) in [5.74, 6) is 0.179. The van der Waals surface area contributed by atoms with E-state index in [-0.39, 0.29) is 18.1 Å². The maximum atomic E-state index is 12.2. The molecule has 3 aromatic rings. The number of hydrogen-bond acceptors (Lipinski definition) is 4. The van der Waals surface area contributed by atoms with Gasteiger partial charge in [0.25, 0.3) is 11.9 Å². The summed E-state index contributed by atoms with van der Waals surface area (Å²) < 4.78 is 10.9. The Bertz CT molecular complexity index is 870. The molecule has 2 aromatic carbocycles. The maximum absolute atomic E-state index is 12.2. The number of para-hydroxylation sites is 1. The van der Waals surface area contributed by atoms with Crippen molar-refractivity contribution < 1.29 is 18.7 Å². The minimum Gasteiger partial charge on any atom is -0.426 e. The van der Waals surface area contributed by atoms with Gasteiger partial charge in [-0.05, 0) is 35.9 Å². The van der Waals surface area contributed by atoms with Crippen molar-refractivity contribution in [2.75, 3.05) is 5.32 Å².